The number of nitrogens with two attached hydrogens (primary N) is 1. The molecule has 1 aliphatic carbocycles. The Morgan fingerprint density at radius 1 is 1.33 bits per heavy atom. The lowest BCUT2D eigenvalue weighted by Crippen LogP contribution is -2.02. The van der Waals surface area contributed by atoms with E-state index >= 15 is 0 Å². The van der Waals surface area contributed by atoms with E-state index in [2.05, 4.69) is 18.2 Å². The minimum Gasteiger partial charge on any atom is -0.464 e. The summed E-state index contributed by atoms with van der Waals surface area (Å²) in [5.74, 6) is 0.756. The van der Waals surface area contributed by atoms with Gasteiger partial charge in [0.2, 0.25) is 0 Å². The summed E-state index contributed by atoms with van der Waals surface area (Å²) in [6.45, 7) is 0.696. The molecule has 0 spiro atoms. The maximum absolute atomic E-state index is 5.60. The molecule has 1 fully saturated rings. The second-order valence-electron chi connectivity index (χ2n) is 4.33. The van der Waals surface area contributed by atoms with Crippen LogP contribution in [0.3, 0.4) is 0 Å². The van der Waals surface area contributed by atoms with Crippen LogP contribution >= 0.6 is 0 Å². The molecule has 1 saturated carbocycles. The molecule has 0 radical (unpaired) electrons. The molecule has 1 heterocycles. The molecule has 0 bridgehead atoms. The fourth-order valence-electron chi connectivity index (χ4n) is 2.13. The lowest BCUT2D eigenvalue weighted by atomic mass is 10.1. The van der Waals surface area contributed by atoms with Crippen molar-refractivity contribution >= 4 is 11.0 Å². The molecule has 15 heavy (non-hydrogen) atoms. The van der Waals surface area contributed by atoms with E-state index < -0.39 is 0 Å². The monoisotopic (exact) mass is 201 g/mol. The Kier molecular flexibility index (Phi) is 2.03. The van der Waals surface area contributed by atoms with Gasteiger partial charge in [0.15, 0.2) is 0 Å². The molecule has 0 amide bonds. The highest BCUT2D eigenvalue weighted by Crippen LogP contribution is 2.43. The predicted molar refractivity (Wildman–Crippen MR) is 60.9 cm³/mol. The van der Waals surface area contributed by atoms with Crippen LogP contribution in [-0.4, -0.2) is 6.54 Å². The lowest BCUT2D eigenvalue weighted by Gasteiger charge is -1.98. The number of hydrogen-bond donors (Lipinski definition) is 1. The largest absolute Gasteiger partial charge is 0.464 e. The average Bonchev–Trinajstić information content (AvgIpc) is 3.00. The van der Waals surface area contributed by atoms with Gasteiger partial charge in [-0.25, -0.2) is 0 Å². The summed E-state index contributed by atoms with van der Waals surface area (Å²) in [7, 11) is 0. The normalized spacial score (nSPS) is 16.1. The van der Waals surface area contributed by atoms with Crippen molar-refractivity contribution in [3.63, 3.8) is 0 Å². The fourth-order valence-corrected chi connectivity index (χ4v) is 2.13. The van der Waals surface area contributed by atoms with Crippen molar-refractivity contribution < 1.29 is 4.42 Å². The fraction of sp³-hybridized carbons (Fsp3) is 0.385. The van der Waals surface area contributed by atoms with Crippen molar-refractivity contribution in [1.29, 1.82) is 0 Å². The first kappa shape index (κ1) is 8.98. The second kappa shape index (κ2) is 3.38. The van der Waals surface area contributed by atoms with Crippen LogP contribution in [0, 0.1) is 0 Å². The molecule has 2 heteroatoms. The van der Waals surface area contributed by atoms with E-state index in [9.17, 15) is 0 Å². The number of fused-ring (bicyclic) bond motifs is 1. The molecule has 1 aliphatic rings. The zero-order valence-electron chi connectivity index (χ0n) is 8.70. The van der Waals surface area contributed by atoms with Crippen molar-refractivity contribution in [1.82, 2.24) is 0 Å². The quantitative estimate of drug-likeness (QED) is 0.829. The Bertz CT molecular complexity index is 482. The molecule has 2 nitrogen and oxygen atoms in total. The third-order valence-electron chi connectivity index (χ3n) is 3.12. The first-order chi connectivity index (χ1) is 7.38. The summed E-state index contributed by atoms with van der Waals surface area (Å²) in [4.78, 5) is 0. The van der Waals surface area contributed by atoms with Gasteiger partial charge in [-0.2, -0.15) is 0 Å². The van der Waals surface area contributed by atoms with Crippen molar-refractivity contribution in [2.75, 3.05) is 6.54 Å². The molecular formula is C13H15NO. The van der Waals surface area contributed by atoms with Crippen LogP contribution in [0.4, 0.5) is 0 Å². The van der Waals surface area contributed by atoms with E-state index in [0.717, 1.165) is 17.9 Å². The first-order valence-corrected chi connectivity index (χ1v) is 5.58. The molecule has 0 atom stereocenters. The van der Waals surface area contributed by atoms with E-state index in [1.807, 2.05) is 6.26 Å². The Morgan fingerprint density at radius 3 is 2.93 bits per heavy atom. The topological polar surface area (TPSA) is 39.2 Å². The Balaban J connectivity index is 2.05. The molecule has 1 aromatic carbocycles. The number of benzene rings is 1. The zero-order chi connectivity index (χ0) is 10.3. The van der Waals surface area contributed by atoms with Gasteiger partial charge in [0, 0.05) is 10.9 Å². The lowest BCUT2D eigenvalue weighted by molar-refractivity contribution is 0.610. The number of hydrogen-bond acceptors (Lipinski definition) is 2. The van der Waals surface area contributed by atoms with Gasteiger partial charge in [0.05, 0.1) is 6.26 Å². The molecule has 78 valence electrons. The van der Waals surface area contributed by atoms with Crippen LogP contribution in [-0.2, 0) is 6.42 Å². The Morgan fingerprint density at radius 2 is 2.20 bits per heavy atom. The average molecular weight is 201 g/mol. The molecule has 1 aromatic heterocycles. The standard InChI is InChI=1S/C13H15NO/c14-6-5-9-1-4-11-12(10-2-3-10)8-15-13(11)7-9/h1,4,7-8,10H,2-3,5-6,14H2. The van der Waals surface area contributed by atoms with Crippen molar-refractivity contribution in [2.45, 2.75) is 25.2 Å². The molecule has 0 unspecified atom stereocenters. The van der Waals surface area contributed by atoms with E-state index in [-0.39, 0.29) is 0 Å². The van der Waals surface area contributed by atoms with Gasteiger partial charge in [0.25, 0.3) is 0 Å². The van der Waals surface area contributed by atoms with Crippen molar-refractivity contribution in [3.05, 3.63) is 35.6 Å². The molecule has 2 N–H and O–H groups in total. The minimum atomic E-state index is 0.696. The molecule has 3 rings (SSSR count). The van der Waals surface area contributed by atoms with Crippen LogP contribution in [0.5, 0.6) is 0 Å². The van der Waals surface area contributed by atoms with E-state index in [0.29, 0.717) is 6.54 Å². The van der Waals surface area contributed by atoms with Crippen LogP contribution in [0.1, 0.15) is 29.9 Å². The van der Waals surface area contributed by atoms with Gasteiger partial charge in [0.1, 0.15) is 5.58 Å². The van der Waals surface area contributed by atoms with Crippen molar-refractivity contribution in [2.24, 2.45) is 5.73 Å². The maximum atomic E-state index is 5.60. The van der Waals surface area contributed by atoms with Crippen LogP contribution in [0.2, 0.25) is 0 Å². The van der Waals surface area contributed by atoms with Gasteiger partial charge < -0.3 is 10.2 Å². The predicted octanol–water partition coefficient (Wildman–Crippen LogP) is 2.81. The van der Waals surface area contributed by atoms with Crippen molar-refractivity contribution in [3.8, 4) is 0 Å². The first-order valence-electron chi connectivity index (χ1n) is 5.58. The highest BCUT2D eigenvalue weighted by atomic mass is 16.3. The van der Waals surface area contributed by atoms with E-state index in [1.54, 1.807) is 0 Å². The second-order valence-corrected chi connectivity index (χ2v) is 4.33. The maximum Gasteiger partial charge on any atom is 0.134 e. The number of furan rings is 1. The molecule has 0 saturated heterocycles. The van der Waals surface area contributed by atoms with Gasteiger partial charge in [-0.1, -0.05) is 12.1 Å². The molecular weight excluding hydrogens is 186 g/mol. The molecule has 2 aromatic rings. The van der Waals surface area contributed by atoms with Gasteiger partial charge in [-0.15, -0.1) is 0 Å². The summed E-state index contributed by atoms with van der Waals surface area (Å²) in [6.07, 6.45) is 5.49. The smallest absolute Gasteiger partial charge is 0.134 e. The zero-order valence-corrected chi connectivity index (χ0v) is 8.70. The van der Waals surface area contributed by atoms with E-state index in [1.165, 1.54) is 29.4 Å². The van der Waals surface area contributed by atoms with Gasteiger partial charge in [-0.3, -0.25) is 0 Å². The third-order valence-corrected chi connectivity index (χ3v) is 3.12. The summed E-state index contributed by atoms with van der Waals surface area (Å²) in [6, 6.07) is 6.46. The third kappa shape index (κ3) is 1.55. The van der Waals surface area contributed by atoms with Crippen LogP contribution < -0.4 is 5.73 Å². The van der Waals surface area contributed by atoms with Crippen LogP contribution in [0.25, 0.3) is 11.0 Å². The Hall–Kier alpha value is -1.28. The highest BCUT2D eigenvalue weighted by molar-refractivity contribution is 5.82. The summed E-state index contributed by atoms with van der Waals surface area (Å²) in [5, 5.41) is 1.29. The summed E-state index contributed by atoms with van der Waals surface area (Å²) >= 11 is 0. The number of rotatable bonds is 3. The molecule has 0 aliphatic heterocycles. The van der Waals surface area contributed by atoms with E-state index in [4.69, 9.17) is 10.2 Å². The summed E-state index contributed by atoms with van der Waals surface area (Å²) in [5.41, 5.74) is 9.21. The van der Waals surface area contributed by atoms with Gasteiger partial charge >= 0.3 is 0 Å². The Labute approximate surface area is 89.1 Å². The van der Waals surface area contributed by atoms with Gasteiger partial charge in [-0.05, 0) is 43.4 Å². The summed E-state index contributed by atoms with van der Waals surface area (Å²) < 4.78 is 5.60. The highest BCUT2D eigenvalue weighted by Gasteiger charge is 2.26. The minimum absolute atomic E-state index is 0.696. The van der Waals surface area contributed by atoms with Crippen LogP contribution in [0.15, 0.2) is 28.9 Å². The SMILES string of the molecule is NCCc1ccc2c(C3CC3)coc2c1.